The summed E-state index contributed by atoms with van der Waals surface area (Å²) >= 11 is 0. The summed E-state index contributed by atoms with van der Waals surface area (Å²) in [5.41, 5.74) is 2.59. The number of hydrogen-bond donors (Lipinski definition) is 1. The maximum absolute atomic E-state index is 12.4. The lowest BCUT2D eigenvalue weighted by molar-refractivity contribution is 0.101. The molecule has 1 aromatic carbocycles. The maximum Gasteiger partial charge on any atom is 0.278 e. The second-order valence-corrected chi connectivity index (χ2v) is 5.36. The highest BCUT2D eigenvalue weighted by atomic mass is 16.5. The van der Waals surface area contributed by atoms with Gasteiger partial charge in [-0.1, -0.05) is 17.3 Å². The van der Waals surface area contributed by atoms with Crippen molar-refractivity contribution in [2.24, 2.45) is 0 Å². The Balaban J connectivity index is 1.74. The highest BCUT2D eigenvalue weighted by molar-refractivity contribution is 6.03. The van der Waals surface area contributed by atoms with Crippen molar-refractivity contribution in [3.05, 3.63) is 71.4 Å². The molecule has 0 atom stereocenters. The van der Waals surface area contributed by atoms with Crippen LogP contribution >= 0.6 is 0 Å². The minimum atomic E-state index is -0.346. The van der Waals surface area contributed by atoms with Crippen LogP contribution < -0.4 is 10.1 Å². The van der Waals surface area contributed by atoms with Gasteiger partial charge in [-0.25, -0.2) is 0 Å². The molecule has 0 fully saturated rings. The van der Waals surface area contributed by atoms with Gasteiger partial charge >= 0.3 is 0 Å². The standard InChI is InChI=1S/C18H17N3O3/c1-12-4-3-5-15(10-12)23-11-16-13(2)24-21-17(16)18(22)20-14-6-8-19-9-7-14/h3-10H,11H2,1-2H3,(H,19,20,22). The summed E-state index contributed by atoms with van der Waals surface area (Å²) in [5, 5.41) is 6.62. The van der Waals surface area contributed by atoms with Crippen LogP contribution in [-0.4, -0.2) is 16.0 Å². The van der Waals surface area contributed by atoms with E-state index >= 15 is 0 Å². The highest BCUT2D eigenvalue weighted by Gasteiger charge is 2.20. The molecule has 0 aliphatic carbocycles. The summed E-state index contributed by atoms with van der Waals surface area (Å²) < 4.78 is 10.9. The molecule has 24 heavy (non-hydrogen) atoms. The Labute approximate surface area is 139 Å². The number of benzene rings is 1. The van der Waals surface area contributed by atoms with Crippen LogP contribution in [0.5, 0.6) is 5.75 Å². The van der Waals surface area contributed by atoms with Crippen LogP contribution in [0, 0.1) is 13.8 Å². The number of anilines is 1. The van der Waals surface area contributed by atoms with Gasteiger partial charge in [0.15, 0.2) is 5.69 Å². The first-order valence-corrected chi connectivity index (χ1v) is 7.49. The number of aromatic nitrogens is 2. The highest BCUT2D eigenvalue weighted by Crippen LogP contribution is 2.19. The van der Waals surface area contributed by atoms with E-state index in [1.807, 2.05) is 31.2 Å². The van der Waals surface area contributed by atoms with Crippen molar-refractivity contribution >= 4 is 11.6 Å². The first-order chi connectivity index (χ1) is 11.6. The molecule has 0 aliphatic heterocycles. The Morgan fingerprint density at radius 2 is 2.00 bits per heavy atom. The van der Waals surface area contributed by atoms with E-state index in [4.69, 9.17) is 9.26 Å². The fraction of sp³-hybridized carbons (Fsp3) is 0.167. The van der Waals surface area contributed by atoms with Crippen LogP contribution in [0.2, 0.25) is 0 Å². The minimum absolute atomic E-state index is 0.206. The summed E-state index contributed by atoms with van der Waals surface area (Å²) in [7, 11) is 0. The zero-order valence-electron chi connectivity index (χ0n) is 13.4. The van der Waals surface area contributed by atoms with Crippen molar-refractivity contribution in [3.63, 3.8) is 0 Å². The first-order valence-electron chi connectivity index (χ1n) is 7.49. The molecule has 2 aromatic heterocycles. The van der Waals surface area contributed by atoms with Crippen LogP contribution in [0.25, 0.3) is 0 Å². The summed E-state index contributed by atoms with van der Waals surface area (Å²) in [6, 6.07) is 11.1. The van der Waals surface area contributed by atoms with E-state index in [0.717, 1.165) is 11.3 Å². The Morgan fingerprint density at radius 3 is 2.75 bits per heavy atom. The lowest BCUT2D eigenvalue weighted by Gasteiger charge is -2.08. The minimum Gasteiger partial charge on any atom is -0.489 e. The number of nitrogens with zero attached hydrogens (tertiary/aromatic N) is 2. The zero-order chi connectivity index (χ0) is 16.9. The van der Waals surface area contributed by atoms with Gasteiger partial charge in [0.05, 0.1) is 5.56 Å². The van der Waals surface area contributed by atoms with Gasteiger partial charge in [-0.2, -0.15) is 0 Å². The smallest absolute Gasteiger partial charge is 0.278 e. The number of rotatable bonds is 5. The predicted octanol–water partition coefficient (Wildman–Crippen LogP) is 3.52. The van der Waals surface area contributed by atoms with Crippen LogP contribution in [0.15, 0.2) is 53.3 Å². The monoisotopic (exact) mass is 323 g/mol. The van der Waals surface area contributed by atoms with Crippen molar-refractivity contribution in [2.75, 3.05) is 5.32 Å². The molecule has 122 valence electrons. The van der Waals surface area contributed by atoms with E-state index in [1.165, 1.54) is 0 Å². The van der Waals surface area contributed by atoms with E-state index in [9.17, 15) is 4.79 Å². The third-order valence-electron chi connectivity index (χ3n) is 3.51. The topological polar surface area (TPSA) is 77.2 Å². The Hall–Kier alpha value is -3.15. The van der Waals surface area contributed by atoms with Crippen LogP contribution in [0.3, 0.4) is 0 Å². The van der Waals surface area contributed by atoms with E-state index in [0.29, 0.717) is 17.0 Å². The summed E-state index contributed by atoms with van der Waals surface area (Å²) in [4.78, 5) is 16.3. The van der Waals surface area contributed by atoms with Gasteiger partial charge in [-0.05, 0) is 43.7 Å². The van der Waals surface area contributed by atoms with Gasteiger partial charge in [-0.3, -0.25) is 9.78 Å². The van der Waals surface area contributed by atoms with Gasteiger partial charge in [0.1, 0.15) is 18.1 Å². The number of nitrogens with one attached hydrogen (secondary N) is 1. The molecule has 6 heteroatoms. The largest absolute Gasteiger partial charge is 0.489 e. The fourth-order valence-corrected chi connectivity index (χ4v) is 2.23. The summed E-state index contributed by atoms with van der Waals surface area (Å²) in [5.74, 6) is 0.944. The van der Waals surface area contributed by atoms with Gasteiger partial charge in [-0.15, -0.1) is 0 Å². The third kappa shape index (κ3) is 3.60. The van der Waals surface area contributed by atoms with Crippen LogP contribution in [-0.2, 0) is 6.61 Å². The van der Waals surface area contributed by atoms with E-state index in [2.05, 4.69) is 15.5 Å². The molecular weight excluding hydrogens is 306 g/mol. The van der Waals surface area contributed by atoms with Crippen molar-refractivity contribution in [2.45, 2.75) is 20.5 Å². The number of amides is 1. The molecule has 0 unspecified atom stereocenters. The normalized spacial score (nSPS) is 10.4. The number of hydrogen-bond acceptors (Lipinski definition) is 5. The molecule has 3 rings (SSSR count). The molecule has 6 nitrogen and oxygen atoms in total. The Bertz CT molecular complexity index is 844. The molecule has 0 spiro atoms. The van der Waals surface area contributed by atoms with Crippen molar-refractivity contribution in [1.82, 2.24) is 10.1 Å². The van der Waals surface area contributed by atoms with Gasteiger partial charge in [0.25, 0.3) is 5.91 Å². The maximum atomic E-state index is 12.4. The summed E-state index contributed by atoms with van der Waals surface area (Å²) in [6.07, 6.45) is 3.21. The van der Waals surface area contributed by atoms with Gasteiger partial charge in [0, 0.05) is 18.1 Å². The number of ether oxygens (including phenoxy) is 1. The van der Waals surface area contributed by atoms with Crippen molar-refractivity contribution in [1.29, 1.82) is 0 Å². The molecule has 0 bridgehead atoms. The molecule has 0 saturated heterocycles. The van der Waals surface area contributed by atoms with Gasteiger partial charge < -0.3 is 14.6 Å². The molecule has 0 radical (unpaired) electrons. The quantitative estimate of drug-likeness (QED) is 0.777. The van der Waals surface area contributed by atoms with E-state index in [-0.39, 0.29) is 18.2 Å². The Kier molecular flexibility index (Phi) is 4.56. The number of carbonyl (C=O) groups excluding carboxylic acids is 1. The van der Waals surface area contributed by atoms with Crippen LogP contribution in [0.4, 0.5) is 5.69 Å². The molecule has 0 saturated carbocycles. The van der Waals surface area contributed by atoms with E-state index in [1.54, 1.807) is 31.5 Å². The van der Waals surface area contributed by atoms with Crippen molar-refractivity contribution < 1.29 is 14.1 Å². The van der Waals surface area contributed by atoms with E-state index < -0.39 is 0 Å². The zero-order valence-corrected chi connectivity index (χ0v) is 13.4. The summed E-state index contributed by atoms with van der Waals surface area (Å²) in [6.45, 7) is 3.95. The molecule has 3 aromatic rings. The Morgan fingerprint density at radius 1 is 1.21 bits per heavy atom. The molecule has 0 aliphatic rings. The molecule has 2 heterocycles. The predicted molar refractivity (Wildman–Crippen MR) is 88.9 cm³/mol. The number of pyridine rings is 1. The molecule has 1 amide bonds. The molecular formula is C18H17N3O3. The lowest BCUT2D eigenvalue weighted by atomic mass is 10.2. The second-order valence-electron chi connectivity index (χ2n) is 5.36. The fourth-order valence-electron chi connectivity index (χ4n) is 2.23. The van der Waals surface area contributed by atoms with Gasteiger partial charge in [0.2, 0.25) is 0 Å². The third-order valence-corrected chi connectivity index (χ3v) is 3.51. The molecule has 1 N–H and O–H groups in total. The SMILES string of the molecule is Cc1cccc(OCc2c(C(=O)Nc3ccncc3)noc2C)c1. The second kappa shape index (κ2) is 6.95. The number of aryl methyl sites for hydroxylation is 2. The van der Waals surface area contributed by atoms with Crippen molar-refractivity contribution in [3.8, 4) is 5.75 Å². The average Bonchev–Trinajstić information content (AvgIpc) is 2.95. The first kappa shape index (κ1) is 15.7. The van der Waals surface area contributed by atoms with Crippen LogP contribution in [0.1, 0.15) is 27.4 Å². The average molecular weight is 323 g/mol. The lowest BCUT2D eigenvalue weighted by Crippen LogP contribution is -2.15. The number of carbonyl (C=O) groups is 1.